The van der Waals surface area contributed by atoms with Crippen molar-refractivity contribution in [3.63, 3.8) is 0 Å². The van der Waals surface area contributed by atoms with Gasteiger partial charge in [-0.2, -0.15) is 0 Å². The van der Waals surface area contributed by atoms with Gasteiger partial charge in [0.15, 0.2) is 4.87 Å². The van der Waals surface area contributed by atoms with Crippen LogP contribution < -0.4 is 9.64 Å². The van der Waals surface area contributed by atoms with E-state index in [4.69, 9.17) is 4.74 Å². The van der Waals surface area contributed by atoms with Gasteiger partial charge in [-0.25, -0.2) is 4.39 Å². The van der Waals surface area contributed by atoms with Crippen molar-refractivity contribution in [2.24, 2.45) is 0 Å². The number of anilines is 1. The summed E-state index contributed by atoms with van der Waals surface area (Å²) >= 11 is 1.39. The van der Waals surface area contributed by atoms with E-state index in [0.717, 1.165) is 0 Å². The number of amides is 2. The molecule has 5 nitrogen and oxygen atoms in total. The van der Waals surface area contributed by atoms with Crippen molar-refractivity contribution in [3.8, 4) is 5.75 Å². The van der Waals surface area contributed by atoms with Crippen molar-refractivity contribution in [2.45, 2.75) is 11.8 Å². The first-order valence-electron chi connectivity index (χ1n) is 8.75. The third-order valence-electron chi connectivity index (χ3n) is 5.03. The Labute approximate surface area is 161 Å². The molecule has 2 aliphatic rings. The van der Waals surface area contributed by atoms with Crippen LogP contribution in [0.5, 0.6) is 5.75 Å². The summed E-state index contributed by atoms with van der Waals surface area (Å²) in [6, 6.07) is 11.2. The van der Waals surface area contributed by atoms with E-state index in [-0.39, 0.29) is 11.8 Å². The zero-order valence-electron chi connectivity index (χ0n) is 15.1. The highest BCUT2D eigenvalue weighted by atomic mass is 32.2. The summed E-state index contributed by atoms with van der Waals surface area (Å²) in [5, 5.41) is 0. The zero-order chi connectivity index (χ0) is 19.2. The molecule has 7 heteroatoms. The molecule has 140 valence electrons. The van der Waals surface area contributed by atoms with Gasteiger partial charge in [0.05, 0.1) is 12.8 Å². The number of carbonyl (C=O) groups excluding carboxylic acids is 2. The van der Waals surface area contributed by atoms with Crippen LogP contribution in [-0.2, 0) is 9.67 Å². The SMILES string of the molecule is CCN1C(=O)[C@]2(SCCN2C(=O)c2cccc(OC)c2)c2cc(F)ccc21. The van der Waals surface area contributed by atoms with Crippen LogP contribution in [0.25, 0.3) is 0 Å². The van der Waals surface area contributed by atoms with E-state index in [1.807, 2.05) is 6.92 Å². The summed E-state index contributed by atoms with van der Waals surface area (Å²) in [5.41, 5.74) is 1.66. The zero-order valence-corrected chi connectivity index (χ0v) is 15.9. The average molecular weight is 386 g/mol. The van der Waals surface area contributed by atoms with E-state index < -0.39 is 10.7 Å². The fourth-order valence-electron chi connectivity index (χ4n) is 3.81. The molecule has 1 spiro atoms. The molecule has 2 aromatic carbocycles. The van der Waals surface area contributed by atoms with E-state index in [9.17, 15) is 14.0 Å². The van der Waals surface area contributed by atoms with Gasteiger partial charge in [-0.05, 0) is 43.3 Å². The topological polar surface area (TPSA) is 49.9 Å². The molecule has 1 fully saturated rings. The van der Waals surface area contributed by atoms with Crippen LogP contribution in [0.1, 0.15) is 22.8 Å². The molecule has 0 aliphatic carbocycles. The summed E-state index contributed by atoms with van der Waals surface area (Å²) < 4.78 is 19.3. The molecule has 2 aromatic rings. The number of ether oxygens (including phenoxy) is 1. The molecule has 1 saturated heterocycles. The summed E-state index contributed by atoms with van der Waals surface area (Å²) in [6.45, 7) is 2.75. The second-order valence-electron chi connectivity index (χ2n) is 6.39. The number of halogens is 1. The van der Waals surface area contributed by atoms with Gasteiger partial charge in [-0.15, -0.1) is 11.8 Å². The number of hydrogen-bond acceptors (Lipinski definition) is 4. The minimum Gasteiger partial charge on any atom is -0.497 e. The van der Waals surface area contributed by atoms with Crippen molar-refractivity contribution >= 4 is 29.3 Å². The quantitative estimate of drug-likeness (QED) is 0.813. The molecular weight excluding hydrogens is 367 g/mol. The Bertz CT molecular complexity index is 935. The maximum Gasteiger partial charge on any atom is 0.268 e. The molecule has 0 unspecified atom stereocenters. The molecule has 0 aromatic heterocycles. The van der Waals surface area contributed by atoms with Crippen molar-refractivity contribution in [1.29, 1.82) is 0 Å². The van der Waals surface area contributed by atoms with E-state index in [0.29, 0.717) is 41.4 Å². The molecular formula is C20H19FN2O3S. The van der Waals surface area contributed by atoms with Gasteiger partial charge < -0.3 is 14.5 Å². The Kier molecular flexibility index (Phi) is 4.34. The van der Waals surface area contributed by atoms with E-state index in [1.54, 1.807) is 40.1 Å². The number of carbonyl (C=O) groups is 2. The van der Waals surface area contributed by atoms with Crippen molar-refractivity contribution < 1.29 is 18.7 Å². The fraction of sp³-hybridized carbons (Fsp3) is 0.300. The van der Waals surface area contributed by atoms with Gasteiger partial charge in [-0.3, -0.25) is 9.59 Å². The number of rotatable bonds is 3. The fourth-order valence-corrected chi connectivity index (χ4v) is 5.27. The van der Waals surface area contributed by atoms with Gasteiger partial charge in [0.2, 0.25) is 0 Å². The first-order valence-corrected chi connectivity index (χ1v) is 9.73. The minimum absolute atomic E-state index is 0.190. The number of nitrogens with zero attached hydrogens (tertiary/aromatic N) is 2. The van der Waals surface area contributed by atoms with Crippen LogP contribution in [0.15, 0.2) is 42.5 Å². The molecule has 0 N–H and O–H groups in total. The second kappa shape index (κ2) is 6.56. The Morgan fingerprint density at radius 2 is 2.11 bits per heavy atom. The number of likely N-dealkylation sites (N-methyl/N-ethyl adjacent to an activating group) is 1. The molecule has 0 saturated carbocycles. The standard InChI is InChI=1S/C20H19FN2O3S/c1-3-22-17-8-7-14(21)12-16(17)20(19(22)25)23(9-10-27-20)18(24)13-5-4-6-15(11-13)26-2/h4-8,11-12H,3,9-10H2,1-2H3/t20-/m1/s1. The predicted molar refractivity (Wildman–Crippen MR) is 103 cm³/mol. The number of hydrogen-bond donors (Lipinski definition) is 0. The summed E-state index contributed by atoms with van der Waals surface area (Å²) in [4.78, 5) is 28.6. The molecule has 0 bridgehead atoms. The number of fused-ring (bicyclic) bond motifs is 2. The van der Waals surface area contributed by atoms with Gasteiger partial charge >= 0.3 is 0 Å². The Morgan fingerprint density at radius 3 is 2.85 bits per heavy atom. The van der Waals surface area contributed by atoms with E-state index in [2.05, 4.69) is 0 Å². The van der Waals surface area contributed by atoms with Crippen LogP contribution in [0, 0.1) is 5.82 Å². The van der Waals surface area contributed by atoms with Crippen molar-refractivity contribution in [3.05, 3.63) is 59.4 Å². The number of benzene rings is 2. The lowest BCUT2D eigenvalue weighted by molar-refractivity contribution is -0.123. The predicted octanol–water partition coefficient (Wildman–Crippen LogP) is 3.24. The van der Waals surface area contributed by atoms with Crippen molar-refractivity contribution in [1.82, 2.24) is 4.90 Å². The molecule has 2 aliphatic heterocycles. The minimum atomic E-state index is -1.21. The Balaban J connectivity index is 1.83. The maximum absolute atomic E-state index is 14.0. The normalized spacial score (nSPS) is 21.1. The maximum atomic E-state index is 14.0. The third kappa shape index (κ3) is 2.52. The first-order chi connectivity index (χ1) is 13.0. The highest BCUT2D eigenvalue weighted by Crippen LogP contribution is 2.54. The lowest BCUT2D eigenvalue weighted by Gasteiger charge is -2.33. The molecule has 27 heavy (non-hydrogen) atoms. The Morgan fingerprint density at radius 1 is 1.30 bits per heavy atom. The van der Waals surface area contributed by atoms with Gasteiger partial charge in [0.1, 0.15) is 11.6 Å². The first kappa shape index (κ1) is 17.9. The Hall–Kier alpha value is -2.54. The number of methoxy groups -OCH3 is 1. The summed E-state index contributed by atoms with van der Waals surface area (Å²) in [5.74, 6) is 0.306. The van der Waals surface area contributed by atoms with E-state index in [1.165, 1.54) is 31.0 Å². The smallest absolute Gasteiger partial charge is 0.268 e. The molecule has 0 radical (unpaired) electrons. The van der Waals surface area contributed by atoms with Gasteiger partial charge in [0.25, 0.3) is 11.8 Å². The van der Waals surface area contributed by atoms with Crippen molar-refractivity contribution in [2.75, 3.05) is 30.9 Å². The highest BCUT2D eigenvalue weighted by Gasteiger charge is 2.59. The summed E-state index contributed by atoms with van der Waals surface area (Å²) in [6.07, 6.45) is 0. The average Bonchev–Trinajstić information content (AvgIpc) is 3.23. The largest absolute Gasteiger partial charge is 0.497 e. The highest BCUT2D eigenvalue weighted by molar-refractivity contribution is 8.01. The molecule has 4 rings (SSSR count). The van der Waals surface area contributed by atoms with Crippen LogP contribution in [0.2, 0.25) is 0 Å². The van der Waals surface area contributed by atoms with Crippen LogP contribution in [0.4, 0.5) is 10.1 Å². The summed E-state index contributed by atoms with van der Waals surface area (Å²) in [7, 11) is 1.54. The number of thioether (sulfide) groups is 1. The lowest BCUT2D eigenvalue weighted by atomic mass is 10.0. The molecule has 1 atom stereocenters. The molecule has 2 amide bonds. The van der Waals surface area contributed by atoms with E-state index >= 15 is 0 Å². The molecule has 2 heterocycles. The van der Waals surface area contributed by atoms with Crippen LogP contribution in [0.3, 0.4) is 0 Å². The van der Waals surface area contributed by atoms with Gasteiger partial charge in [0, 0.05) is 30.0 Å². The van der Waals surface area contributed by atoms with Gasteiger partial charge in [-0.1, -0.05) is 6.07 Å². The monoisotopic (exact) mass is 386 g/mol. The van der Waals surface area contributed by atoms with Crippen LogP contribution >= 0.6 is 11.8 Å². The lowest BCUT2D eigenvalue weighted by Crippen LogP contribution is -2.50. The van der Waals surface area contributed by atoms with Crippen LogP contribution in [-0.4, -0.2) is 42.7 Å². The second-order valence-corrected chi connectivity index (χ2v) is 7.68. The third-order valence-corrected chi connectivity index (χ3v) is 6.45.